The number of halogens is 5. The molecule has 0 N–H and O–H groups in total. The Morgan fingerprint density at radius 1 is 0.714 bits per heavy atom. The Bertz CT molecular complexity index is 330. The summed E-state index contributed by atoms with van der Waals surface area (Å²) in [5, 5.41) is 0. The molecule has 0 unspecified atom stereocenters. The van der Waals surface area contributed by atoms with E-state index >= 15 is 0 Å². The Morgan fingerprint density at radius 3 is 1.43 bits per heavy atom. The van der Waals surface area contributed by atoms with Crippen LogP contribution in [0.5, 0.6) is 0 Å². The lowest BCUT2D eigenvalue weighted by Gasteiger charge is -2.06. The Labute approximate surface area is 77.4 Å². The quantitative estimate of drug-likeness (QED) is 0.399. The van der Waals surface area contributed by atoms with E-state index in [2.05, 4.69) is 0 Å². The normalized spacial score (nSPS) is 10.7. The van der Waals surface area contributed by atoms with Gasteiger partial charge in [0, 0.05) is 5.56 Å². The lowest BCUT2D eigenvalue weighted by molar-refractivity contribution is 0.369. The highest BCUT2D eigenvalue weighted by Crippen LogP contribution is 2.23. The molecule has 1 rings (SSSR count). The summed E-state index contributed by atoms with van der Waals surface area (Å²) >= 11 is 0. The van der Waals surface area contributed by atoms with Gasteiger partial charge >= 0.3 is 0 Å². The summed E-state index contributed by atoms with van der Waals surface area (Å²) in [7, 11) is 0. The van der Waals surface area contributed by atoms with Crippen molar-refractivity contribution in [3.05, 3.63) is 34.6 Å². The van der Waals surface area contributed by atoms with E-state index in [0.29, 0.717) is 6.42 Å². The van der Waals surface area contributed by atoms with E-state index in [1.165, 1.54) is 0 Å². The Kier molecular flexibility index (Phi) is 3.08. The summed E-state index contributed by atoms with van der Waals surface area (Å²) < 4.78 is 63.4. The molecule has 0 aliphatic rings. The molecule has 78 valence electrons. The molecule has 0 saturated carbocycles. The van der Waals surface area contributed by atoms with Crippen molar-refractivity contribution in [2.45, 2.75) is 19.8 Å². The van der Waals surface area contributed by atoms with Gasteiger partial charge in [-0.05, 0) is 6.42 Å². The molecule has 0 saturated heterocycles. The molecule has 1 aromatic carbocycles. The van der Waals surface area contributed by atoms with Crippen molar-refractivity contribution in [3.8, 4) is 0 Å². The van der Waals surface area contributed by atoms with Crippen LogP contribution < -0.4 is 0 Å². The second kappa shape index (κ2) is 3.94. The lowest BCUT2D eigenvalue weighted by atomic mass is 10.1. The highest BCUT2D eigenvalue weighted by molar-refractivity contribution is 5.24. The van der Waals surface area contributed by atoms with Gasteiger partial charge in [-0.3, -0.25) is 0 Å². The van der Waals surface area contributed by atoms with E-state index in [4.69, 9.17) is 0 Å². The van der Waals surface area contributed by atoms with Gasteiger partial charge in [0.1, 0.15) is 0 Å². The molecule has 0 amide bonds. The molecule has 0 spiro atoms. The minimum Gasteiger partial charge on any atom is -0.203 e. The molecule has 1 aromatic rings. The molecule has 0 aliphatic heterocycles. The van der Waals surface area contributed by atoms with Crippen LogP contribution in [0.2, 0.25) is 0 Å². The highest BCUT2D eigenvalue weighted by Gasteiger charge is 2.24. The van der Waals surface area contributed by atoms with Gasteiger partial charge in [0.25, 0.3) is 0 Å². The van der Waals surface area contributed by atoms with Gasteiger partial charge < -0.3 is 0 Å². The minimum atomic E-state index is -2.11. The third-order valence-corrected chi connectivity index (χ3v) is 1.80. The van der Waals surface area contributed by atoms with Crippen LogP contribution in [0.3, 0.4) is 0 Å². The zero-order valence-corrected chi connectivity index (χ0v) is 7.30. The van der Waals surface area contributed by atoms with Crippen molar-refractivity contribution in [3.63, 3.8) is 0 Å². The summed E-state index contributed by atoms with van der Waals surface area (Å²) in [6.07, 6.45) is 0.129. The summed E-state index contributed by atoms with van der Waals surface area (Å²) in [6, 6.07) is 0. The van der Waals surface area contributed by atoms with Gasteiger partial charge in [0.2, 0.25) is 5.82 Å². The second-order valence-corrected chi connectivity index (χ2v) is 2.80. The number of hydrogen-bond donors (Lipinski definition) is 0. The standard InChI is InChI=1S/C9H7F5/c1-2-3-4-5(10)7(12)9(14)8(13)6(4)11/h2-3H2,1H3. The van der Waals surface area contributed by atoms with Gasteiger partial charge in [0.05, 0.1) is 0 Å². The van der Waals surface area contributed by atoms with Crippen molar-refractivity contribution in [2.75, 3.05) is 0 Å². The van der Waals surface area contributed by atoms with Crippen molar-refractivity contribution in [1.82, 2.24) is 0 Å². The zero-order chi connectivity index (χ0) is 10.9. The average Bonchev–Trinajstić information content (AvgIpc) is 2.19. The fourth-order valence-corrected chi connectivity index (χ4v) is 1.12. The van der Waals surface area contributed by atoms with Crippen LogP contribution in [0.4, 0.5) is 22.0 Å². The monoisotopic (exact) mass is 210 g/mol. The third-order valence-electron chi connectivity index (χ3n) is 1.80. The molecular formula is C9H7F5. The topological polar surface area (TPSA) is 0 Å². The zero-order valence-electron chi connectivity index (χ0n) is 7.30. The van der Waals surface area contributed by atoms with E-state index in [-0.39, 0.29) is 6.42 Å². The first-order valence-corrected chi connectivity index (χ1v) is 4.01. The highest BCUT2D eigenvalue weighted by atomic mass is 19.2. The molecule has 0 radical (unpaired) electrons. The maximum Gasteiger partial charge on any atom is 0.200 e. The number of rotatable bonds is 2. The van der Waals surface area contributed by atoms with Crippen molar-refractivity contribution in [1.29, 1.82) is 0 Å². The van der Waals surface area contributed by atoms with Crippen LogP contribution in [-0.4, -0.2) is 0 Å². The first-order chi connectivity index (χ1) is 6.50. The van der Waals surface area contributed by atoms with Gasteiger partial charge in [-0.25, -0.2) is 22.0 Å². The van der Waals surface area contributed by atoms with Crippen LogP contribution in [0.25, 0.3) is 0 Å². The maximum atomic E-state index is 12.9. The molecule has 0 aromatic heterocycles. The van der Waals surface area contributed by atoms with Gasteiger partial charge in [-0.15, -0.1) is 0 Å². The van der Waals surface area contributed by atoms with Gasteiger partial charge in [0.15, 0.2) is 23.3 Å². The van der Waals surface area contributed by atoms with Crippen LogP contribution >= 0.6 is 0 Å². The Balaban J connectivity index is 3.43. The molecule has 0 aliphatic carbocycles. The predicted molar refractivity (Wildman–Crippen MR) is 40.2 cm³/mol. The molecular weight excluding hydrogens is 203 g/mol. The first-order valence-electron chi connectivity index (χ1n) is 4.01. The second-order valence-electron chi connectivity index (χ2n) is 2.80. The summed E-state index contributed by atoms with van der Waals surface area (Å²) in [5.74, 6) is -9.34. The molecule has 0 heterocycles. The Hall–Kier alpha value is -1.13. The van der Waals surface area contributed by atoms with Crippen LogP contribution in [0, 0.1) is 29.1 Å². The van der Waals surface area contributed by atoms with E-state index in [1.807, 2.05) is 0 Å². The van der Waals surface area contributed by atoms with Crippen molar-refractivity contribution >= 4 is 0 Å². The molecule has 0 bridgehead atoms. The maximum absolute atomic E-state index is 12.9. The largest absolute Gasteiger partial charge is 0.203 e. The molecule has 0 nitrogen and oxygen atoms in total. The van der Waals surface area contributed by atoms with E-state index < -0.39 is 34.6 Å². The van der Waals surface area contributed by atoms with Gasteiger partial charge in [-0.2, -0.15) is 0 Å². The minimum absolute atomic E-state index is 0.175. The van der Waals surface area contributed by atoms with E-state index in [0.717, 1.165) is 0 Å². The van der Waals surface area contributed by atoms with Crippen molar-refractivity contribution in [2.24, 2.45) is 0 Å². The molecule has 14 heavy (non-hydrogen) atoms. The molecule has 0 atom stereocenters. The van der Waals surface area contributed by atoms with E-state index in [9.17, 15) is 22.0 Å². The Morgan fingerprint density at radius 2 is 1.07 bits per heavy atom. The third kappa shape index (κ3) is 1.58. The fraction of sp³-hybridized carbons (Fsp3) is 0.333. The van der Waals surface area contributed by atoms with Crippen LogP contribution in [0.1, 0.15) is 18.9 Å². The van der Waals surface area contributed by atoms with Crippen LogP contribution in [0.15, 0.2) is 0 Å². The lowest BCUT2D eigenvalue weighted by Crippen LogP contribution is -2.06. The molecule has 5 heteroatoms. The fourth-order valence-electron chi connectivity index (χ4n) is 1.12. The van der Waals surface area contributed by atoms with Crippen molar-refractivity contribution < 1.29 is 22.0 Å². The van der Waals surface area contributed by atoms with Crippen LogP contribution in [-0.2, 0) is 6.42 Å². The van der Waals surface area contributed by atoms with Gasteiger partial charge in [-0.1, -0.05) is 13.3 Å². The summed E-state index contributed by atoms with van der Waals surface area (Å²) in [4.78, 5) is 0. The summed E-state index contributed by atoms with van der Waals surface area (Å²) in [6.45, 7) is 1.58. The smallest absolute Gasteiger partial charge is 0.200 e. The van der Waals surface area contributed by atoms with E-state index in [1.54, 1.807) is 6.92 Å². The predicted octanol–water partition coefficient (Wildman–Crippen LogP) is 3.33. The summed E-state index contributed by atoms with van der Waals surface area (Å²) in [5.41, 5.74) is -0.746. The SMILES string of the molecule is CCCc1c(F)c(F)c(F)c(F)c1F. The number of benzene rings is 1. The molecule has 0 fully saturated rings. The first kappa shape index (κ1) is 10.9. The average molecular weight is 210 g/mol. The number of hydrogen-bond acceptors (Lipinski definition) is 0.